The van der Waals surface area contributed by atoms with Crippen LogP contribution in [0, 0.1) is 11.8 Å². The standard InChI is InChI=1S/C37H72O4/c1-34(2)29-25-21-17-13-9-5-7-11-15-19-23-27-31-40-36(38)33-37(39)41-32-28-24-20-16-12-8-6-10-14-18-22-26-30-35(3)4/h34-35H,5-33H2,1-4H3. The van der Waals surface area contributed by atoms with Crippen LogP contribution >= 0.6 is 0 Å². The molecule has 0 saturated carbocycles. The van der Waals surface area contributed by atoms with Crippen LogP contribution in [0.15, 0.2) is 0 Å². The Bertz CT molecular complexity index is 509. The molecule has 0 aromatic heterocycles. The van der Waals surface area contributed by atoms with Gasteiger partial charge in [-0.1, -0.05) is 182 Å². The summed E-state index contributed by atoms with van der Waals surface area (Å²) in [6.07, 6.45) is 33.5. The van der Waals surface area contributed by atoms with Gasteiger partial charge in [-0.25, -0.2) is 0 Å². The van der Waals surface area contributed by atoms with Gasteiger partial charge in [-0.15, -0.1) is 0 Å². The number of rotatable bonds is 32. The van der Waals surface area contributed by atoms with Crippen molar-refractivity contribution in [3.63, 3.8) is 0 Å². The third-order valence-electron chi connectivity index (χ3n) is 8.17. The minimum Gasteiger partial charge on any atom is -0.465 e. The van der Waals surface area contributed by atoms with E-state index in [0.29, 0.717) is 13.2 Å². The Morgan fingerprint density at radius 3 is 0.829 bits per heavy atom. The summed E-state index contributed by atoms with van der Waals surface area (Å²) < 4.78 is 10.4. The molecule has 244 valence electrons. The van der Waals surface area contributed by atoms with E-state index in [0.717, 1.165) is 37.5 Å². The molecule has 0 N–H and O–H groups in total. The van der Waals surface area contributed by atoms with Gasteiger partial charge in [0, 0.05) is 0 Å². The summed E-state index contributed by atoms with van der Waals surface area (Å²) in [7, 11) is 0. The summed E-state index contributed by atoms with van der Waals surface area (Å²) in [5.74, 6) is 0.803. The van der Waals surface area contributed by atoms with E-state index in [1.807, 2.05) is 0 Å². The maximum absolute atomic E-state index is 11.9. The minimum absolute atomic E-state index is 0.255. The number of hydrogen-bond donors (Lipinski definition) is 0. The highest BCUT2D eigenvalue weighted by Crippen LogP contribution is 2.15. The Morgan fingerprint density at radius 2 is 0.585 bits per heavy atom. The van der Waals surface area contributed by atoms with Crippen LogP contribution in [-0.4, -0.2) is 25.2 Å². The van der Waals surface area contributed by atoms with Gasteiger partial charge < -0.3 is 9.47 Å². The van der Waals surface area contributed by atoms with E-state index in [9.17, 15) is 9.59 Å². The average molecular weight is 581 g/mol. The molecule has 0 aliphatic rings. The fraction of sp³-hybridized carbons (Fsp3) is 0.946. The first kappa shape index (κ1) is 39.9. The molecule has 4 nitrogen and oxygen atoms in total. The molecule has 0 amide bonds. The van der Waals surface area contributed by atoms with Gasteiger partial charge >= 0.3 is 11.9 Å². The molecule has 0 atom stereocenters. The van der Waals surface area contributed by atoms with Crippen LogP contribution in [0.1, 0.15) is 201 Å². The predicted molar refractivity (Wildman–Crippen MR) is 176 cm³/mol. The Morgan fingerprint density at radius 1 is 0.366 bits per heavy atom. The lowest BCUT2D eigenvalue weighted by Gasteiger charge is -2.07. The normalized spacial score (nSPS) is 11.5. The minimum atomic E-state index is -0.449. The van der Waals surface area contributed by atoms with Crippen LogP contribution in [0.2, 0.25) is 0 Å². The second kappa shape index (κ2) is 31.9. The number of hydrogen-bond acceptors (Lipinski definition) is 4. The highest BCUT2D eigenvalue weighted by molar-refractivity contribution is 5.91. The van der Waals surface area contributed by atoms with E-state index in [2.05, 4.69) is 27.7 Å². The van der Waals surface area contributed by atoms with Crippen LogP contribution in [-0.2, 0) is 19.1 Å². The van der Waals surface area contributed by atoms with Crippen molar-refractivity contribution < 1.29 is 19.1 Å². The lowest BCUT2D eigenvalue weighted by atomic mass is 10.0. The number of unbranched alkanes of at least 4 members (excludes halogenated alkanes) is 22. The van der Waals surface area contributed by atoms with Crippen LogP contribution < -0.4 is 0 Å². The van der Waals surface area contributed by atoms with E-state index in [1.54, 1.807) is 0 Å². The third kappa shape index (κ3) is 35.0. The topological polar surface area (TPSA) is 52.6 Å². The summed E-state index contributed by atoms with van der Waals surface area (Å²) in [5.41, 5.74) is 0. The quantitative estimate of drug-likeness (QED) is 0.0451. The Balaban J connectivity index is 3.29. The molecule has 0 fully saturated rings. The number of carbonyl (C=O) groups is 2. The number of ether oxygens (including phenoxy) is 2. The van der Waals surface area contributed by atoms with Gasteiger partial charge in [0.25, 0.3) is 0 Å². The second-order valence-corrected chi connectivity index (χ2v) is 13.5. The van der Waals surface area contributed by atoms with Crippen molar-refractivity contribution in [1.29, 1.82) is 0 Å². The van der Waals surface area contributed by atoms with Gasteiger partial charge in [0.2, 0.25) is 0 Å². The fourth-order valence-electron chi connectivity index (χ4n) is 5.44. The Hall–Kier alpha value is -1.06. The SMILES string of the molecule is CC(C)CCCCCCCCCCCCCCOC(=O)CC(=O)OCCCCCCCCCCCCCCC(C)C. The number of esters is 2. The van der Waals surface area contributed by atoms with Crippen LogP contribution in [0.25, 0.3) is 0 Å². The van der Waals surface area contributed by atoms with Gasteiger partial charge in [0.05, 0.1) is 13.2 Å². The van der Waals surface area contributed by atoms with Gasteiger partial charge in [-0.2, -0.15) is 0 Å². The van der Waals surface area contributed by atoms with Crippen LogP contribution in [0.5, 0.6) is 0 Å². The third-order valence-corrected chi connectivity index (χ3v) is 8.17. The summed E-state index contributed by atoms with van der Waals surface area (Å²) in [6.45, 7) is 10.1. The smallest absolute Gasteiger partial charge is 0.317 e. The molecule has 0 aromatic rings. The maximum Gasteiger partial charge on any atom is 0.317 e. The van der Waals surface area contributed by atoms with Crippen LogP contribution in [0.4, 0.5) is 0 Å². The highest BCUT2D eigenvalue weighted by atomic mass is 16.6. The van der Waals surface area contributed by atoms with Crippen molar-refractivity contribution in [2.75, 3.05) is 13.2 Å². The zero-order valence-corrected chi connectivity index (χ0v) is 28.3. The van der Waals surface area contributed by atoms with Crippen molar-refractivity contribution >= 4 is 11.9 Å². The van der Waals surface area contributed by atoms with Crippen molar-refractivity contribution in [3.05, 3.63) is 0 Å². The van der Waals surface area contributed by atoms with Crippen molar-refractivity contribution in [1.82, 2.24) is 0 Å². The van der Waals surface area contributed by atoms with Gasteiger partial charge in [-0.05, 0) is 24.7 Å². The lowest BCUT2D eigenvalue weighted by molar-refractivity contribution is -0.154. The molecule has 0 rings (SSSR count). The lowest BCUT2D eigenvalue weighted by Crippen LogP contribution is -2.15. The summed E-state index contributed by atoms with van der Waals surface area (Å²) >= 11 is 0. The molecule has 0 bridgehead atoms. The zero-order valence-electron chi connectivity index (χ0n) is 28.3. The molecular formula is C37H72O4. The fourth-order valence-corrected chi connectivity index (χ4v) is 5.44. The van der Waals surface area contributed by atoms with Gasteiger partial charge in [-0.3, -0.25) is 9.59 Å². The molecule has 0 aliphatic heterocycles. The number of carbonyl (C=O) groups excluding carboxylic acids is 2. The largest absolute Gasteiger partial charge is 0.465 e. The molecule has 0 unspecified atom stereocenters. The first-order chi connectivity index (χ1) is 19.9. The zero-order chi connectivity index (χ0) is 30.2. The predicted octanol–water partition coefficient (Wildman–Crippen LogP) is 11.9. The average Bonchev–Trinajstić information content (AvgIpc) is 2.92. The van der Waals surface area contributed by atoms with Crippen molar-refractivity contribution in [2.24, 2.45) is 11.8 Å². The summed E-state index contributed by atoms with van der Waals surface area (Å²) in [5, 5.41) is 0. The molecule has 0 aliphatic carbocycles. The molecular weight excluding hydrogens is 508 g/mol. The molecule has 0 radical (unpaired) electrons. The molecule has 0 heterocycles. The van der Waals surface area contributed by atoms with Gasteiger partial charge in [0.15, 0.2) is 0 Å². The highest BCUT2D eigenvalue weighted by Gasteiger charge is 2.11. The Kier molecular flexibility index (Phi) is 31.0. The first-order valence-corrected chi connectivity index (χ1v) is 18.2. The molecule has 0 spiro atoms. The van der Waals surface area contributed by atoms with Gasteiger partial charge in [0.1, 0.15) is 6.42 Å². The van der Waals surface area contributed by atoms with Crippen molar-refractivity contribution in [2.45, 2.75) is 201 Å². The Labute approximate surface area is 256 Å². The molecule has 4 heteroatoms. The van der Waals surface area contributed by atoms with E-state index in [1.165, 1.54) is 141 Å². The second-order valence-electron chi connectivity index (χ2n) is 13.5. The van der Waals surface area contributed by atoms with E-state index >= 15 is 0 Å². The molecule has 41 heavy (non-hydrogen) atoms. The summed E-state index contributed by atoms with van der Waals surface area (Å²) in [4.78, 5) is 23.7. The maximum atomic E-state index is 11.9. The van der Waals surface area contributed by atoms with Crippen LogP contribution in [0.3, 0.4) is 0 Å². The molecule has 0 aromatic carbocycles. The van der Waals surface area contributed by atoms with E-state index in [-0.39, 0.29) is 6.42 Å². The summed E-state index contributed by atoms with van der Waals surface area (Å²) in [6, 6.07) is 0. The monoisotopic (exact) mass is 581 g/mol. The van der Waals surface area contributed by atoms with Crippen molar-refractivity contribution in [3.8, 4) is 0 Å². The first-order valence-electron chi connectivity index (χ1n) is 18.2. The van der Waals surface area contributed by atoms with E-state index < -0.39 is 11.9 Å². The molecule has 0 saturated heterocycles. The van der Waals surface area contributed by atoms with E-state index in [4.69, 9.17) is 9.47 Å².